The molecule has 1 aliphatic rings. The van der Waals surface area contributed by atoms with Crippen LogP contribution in [0.3, 0.4) is 0 Å². The molecule has 3 nitrogen and oxygen atoms in total. The molecule has 0 fully saturated rings. The summed E-state index contributed by atoms with van der Waals surface area (Å²) in [5, 5.41) is 2.51. The number of carbonyl (C=O) groups excluding carboxylic acids is 2. The molecule has 0 saturated carbocycles. The summed E-state index contributed by atoms with van der Waals surface area (Å²) < 4.78 is 13.5. The minimum atomic E-state index is -0.632. The Bertz CT molecular complexity index is 710. The number of halogens is 2. The molecule has 0 spiro atoms. The fourth-order valence-electron chi connectivity index (χ4n) is 2.01. The predicted octanol–water partition coefficient (Wildman–Crippen LogP) is 3.39. The molecule has 0 bridgehead atoms. The van der Waals surface area contributed by atoms with E-state index in [-0.39, 0.29) is 5.82 Å². The van der Waals surface area contributed by atoms with E-state index in [0.717, 1.165) is 11.1 Å². The molecule has 1 aliphatic heterocycles. The van der Waals surface area contributed by atoms with Crippen LogP contribution in [0.4, 0.5) is 10.1 Å². The first-order valence-electron chi connectivity index (χ1n) is 5.51. The molecular formula is C14H7BrFNO2. The molecule has 0 unspecified atom stereocenters. The van der Waals surface area contributed by atoms with Crippen LogP contribution < -0.4 is 5.32 Å². The van der Waals surface area contributed by atoms with Gasteiger partial charge in [-0.25, -0.2) is 4.39 Å². The Morgan fingerprint density at radius 1 is 1.00 bits per heavy atom. The Kier molecular flexibility index (Phi) is 2.71. The average molecular weight is 320 g/mol. The third kappa shape index (κ3) is 1.96. The minimum absolute atomic E-state index is 0.322. The van der Waals surface area contributed by atoms with Crippen molar-refractivity contribution in [3.05, 3.63) is 52.3 Å². The van der Waals surface area contributed by atoms with Gasteiger partial charge in [0, 0.05) is 4.47 Å². The van der Waals surface area contributed by atoms with Gasteiger partial charge in [0.05, 0.1) is 11.3 Å². The highest BCUT2D eigenvalue weighted by Gasteiger charge is 2.30. The predicted molar refractivity (Wildman–Crippen MR) is 72.5 cm³/mol. The van der Waals surface area contributed by atoms with E-state index in [4.69, 9.17) is 0 Å². The number of benzene rings is 2. The van der Waals surface area contributed by atoms with Crippen LogP contribution in [0, 0.1) is 5.82 Å². The summed E-state index contributed by atoms with van der Waals surface area (Å²) in [6, 6.07) is 9.36. The second kappa shape index (κ2) is 4.28. The van der Waals surface area contributed by atoms with E-state index in [0.29, 0.717) is 15.7 Å². The second-order valence-electron chi connectivity index (χ2n) is 4.17. The average Bonchev–Trinajstić information content (AvgIpc) is 2.68. The minimum Gasteiger partial charge on any atom is -0.317 e. The van der Waals surface area contributed by atoms with Crippen LogP contribution in [0.1, 0.15) is 10.4 Å². The SMILES string of the molecule is O=C1Nc2c(Br)cc(-c3ccc(F)cc3)cc2C1=O. The molecule has 0 saturated heterocycles. The molecule has 19 heavy (non-hydrogen) atoms. The van der Waals surface area contributed by atoms with Crippen molar-refractivity contribution in [3.8, 4) is 11.1 Å². The fraction of sp³-hybridized carbons (Fsp3) is 0. The van der Waals surface area contributed by atoms with Gasteiger partial charge in [0.15, 0.2) is 0 Å². The van der Waals surface area contributed by atoms with Crippen molar-refractivity contribution in [2.24, 2.45) is 0 Å². The number of anilines is 1. The zero-order valence-corrected chi connectivity index (χ0v) is 11.1. The molecule has 1 N–H and O–H groups in total. The van der Waals surface area contributed by atoms with E-state index in [1.807, 2.05) is 0 Å². The first-order chi connectivity index (χ1) is 9.06. The summed E-state index contributed by atoms with van der Waals surface area (Å²) in [7, 11) is 0. The summed E-state index contributed by atoms with van der Waals surface area (Å²) in [6.45, 7) is 0. The highest BCUT2D eigenvalue weighted by Crippen LogP contribution is 2.36. The van der Waals surface area contributed by atoms with Gasteiger partial charge in [0.1, 0.15) is 5.82 Å². The van der Waals surface area contributed by atoms with Gasteiger partial charge in [-0.15, -0.1) is 0 Å². The molecule has 5 heteroatoms. The van der Waals surface area contributed by atoms with Gasteiger partial charge < -0.3 is 5.32 Å². The van der Waals surface area contributed by atoms with E-state index in [2.05, 4.69) is 21.2 Å². The zero-order valence-electron chi connectivity index (χ0n) is 9.54. The molecule has 0 aliphatic carbocycles. The van der Waals surface area contributed by atoms with Crippen LogP contribution in [-0.2, 0) is 4.79 Å². The summed E-state index contributed by atoms with van der Waals surface area (Å²) in [4.78, 5) is 23.0. The van der Waals surface area contributed by atoms with Crippen molar-refractivity contribution in [1.29, 1.82) is 0 Å². The number of amides is 1. The largest absolute Gasteiger partial charge is 0.317 e. The Morgan fingerprint density at radius 2 is 1.68 bits per heavy atom. The van der Waals surface area contributed by atoms with Crippen molar-refractivity contribution < 1.29 is 14.0 Å². The lowest BCUT2D eigenvalue weighted by Gasteiger charge is -2.06. The van der Waals surface area contributed by atoms with Gasteiger partial charge in [-0.2, -0.15) is 0 Å². The summed E-state index contributed by atoms with van der Waals surface area (Å²) in [5.74, 6) is -1.51. The number of Topliss-reactive ketones (excluding diaryl/α,β-unsaturated/α-hetero) is 1. The van der Waals surface area contributed by atoms with Crippen molar-refractivity contribution in [1.82, 2.24) is 0 Å². The molecule has 2 aromatic rings. The molecule has 3 rings (SSSR count). The maximum absolute atomic E-state index is 12.9. The summed E-state index contributed by atoms with van der Waals surface area (Å²) in [5.41, 5.74) is 2.34. The summed E-state index contributed by atoms with van der Waals surface area (Å²) >= 11 is 3.32. The lowest BCUT2D eigenvalue weighted by atomic mass is 10.0. The van der Waals surface area contributed by atoms with Gasteiger partial charge >= 0.3 is 0 Å². The van der Waals surface area contributed by atoms with Crippen LogP contribution in [0.15, 0.2) is 40.9 Å². The highest BCUT2D eigenvalue weighted by molar-refractivity contribution is 9.10. The van der Waals surface area contributed by atoms with E-state index < -0.39 is 11.7 Å². The van der Waals surface area contributed by atoms with Crippen molar-refractivity contribution in [3.63, 3.8) is 0 Å². The van der Waals surface area contributed by atoms with Crippen molar-refractivity contribution in [2.75, 3.05) is 5.32 Å². The maximum atomic E-state index is 12.9. The van der Waals surface area contributed by atoms with Crippen LogP contribution in [0.5, 0.6) is 0 Å². The molecule has 94 valence electrons. The normalized spacial score (nSPS) is 13.4. The number of rotatable bonds is 1. The molecule has 0 aromatic heterocycles. The fourth-order valence-corrected chi connectivity index (χ4v) is 2.57. The smallest absolute Gasteiger partial charge is 0.296 e. The Hall–Kier alpha value is -2.01. The van der Waals surface area contributed by atoms with E-state index >= 15 is 0 Å². The highest BCUT2D eigenvalue weighted by atomic mass is 79.9. The Balaban J connectivity index is 2.16. The Morgan fingerprint density at radius 3 is 2.37 bits per heavy atom. The Labute approximate surface area is 116 Å². The maximum Gasteiger partial charge on any atom is 0.296 e. The first kappa shape index (κ1) is 12.0. The molecule has 1 heterocycles. The molecule has 1 amide bonds. The van der Waals surface area contributed by atoms with Gasteiger partial charge in [-0.1, -0.05) is 12.1 Å². The topological polar surface area (TPSA) is 46.2 Å². The van der Waals surface area contributed by atoms with Crippen molar-refractivity contribution >= 4 is 33.3 Å². The lowest BCUT2D eigenvalue weighted by Crippen LogP contribution is -2.12. The molecule has 2 aromatic carbocycles. The van der Waals surface area contributed by atoms with E-state index in [1.54, 1.807) is 24.3 Å². The van der Waals surface area contributed by atoms with Crippen molar-refractivity contribution in [2.45, 2.75) is 0 Å². The van der Waals surface area contributed by atoms with Crippen LogP contribution in [-0.4, -0.2) is 11.7 Å². The van der Waals surface area contributed by atoms with Crippen LogP contribution in [0.25, 0.3) is 11.1 Å². The monoisotopic (exact) mass is 319 g/mol. The summed E-state index contributed by atoms with van der Waals surface area (Å²) in [6.07, 6.45) is 0. The third-order valence-corrected chi connectivity index (χ3v) is 3.58. The quantitative estimate of drug-likeness (QED) is 0.819. The number of carbonyl (C=O) groups is 2. The number of fused-ring (bicyclic) bond motifs is 1. The van der Waals surface area contributed by atoms with Gasteiger partial charge in [0.2, 0.25) is 0 Å². The zero-order chi connectivity index (χ0) is 13.6. The molecule has 0 radical (unpaired) electrons. The number of hydrogen-bond acceptors (Lipinski definition) is 2. The van der Waals surface area contributed by atoms with E-state index in [1.165, 1.54) is 12.1 Å². The van der Waals surface area contributed by atoms with E-state index in [9.17, 15) is 14.0 Å². The first-order valence-corrected chi connectivity index (χ1v) is 6.31. The number of nitrogens with one attached hydrogen (secondary N) is 1. The lowest BCUT2D eigenvalue weighted by molar-refractivity contribution is -0.112. The van der Waals surface area contributed by atoms with Gasteiger partial charge in [0.25, 0.3) is 11.7 Å². The van der Waals surface area contributed by atoms with Crippen LogP contribution >= 0.6 is 15.9 Å². The second-order valence-corrected chi connectivity index (χ2v) is 5.03. The van der Waals surface area contributed by atoms with Crippen LogP contribution in [0.2, 0.25) is 0 Å². The molecular weight excluding hydrogens is 313 g/mol. The number of ketones is 1. The number of hydrogen-bond donors (Lipinski definition) is 1. The standard InChI is InChI=1S/C14H7BrFNO2/c15-11-6-8(7-1-3-9(16)4-2-7)5-10-12(11)17-14(19)13(10)18/h1-6H,(H,17,18,19). The third-order valence-electron chi connectivity index (χ3n) is 2.96. The van der Waals surface area contributed by atoms with Gasteiger partial charge in [-0.05, 0) is 51.3 Å². The molecule has 0 atom stereocenters. The van der Waals surface area contributed by atoms with Gasteiger partial charge in [-0.3, -0.25) is 9.59 Å².